The number of carbonyl (C=O) groups excluding carboxylic acids is 1. The summed E-state index contributed by atoms with van der Waals surface area (Å²) in [6.07, 6.45) is 0. The van der Waals surface area contributed by atoms with Crippen LogP contribution in [0.2, 0.25) is 0 Å². The van der Waals surface area contributed by atoms with Crippen LogP contribution in [-0.4, -0.2) is 14.3 Å². The molecule has 0 saturated heterocycles. The maximum Gasteiger partial charge on any atom is 0.261 e. The molecular formula is C26H17F2N3O3S. The second kappa shape index (κ2) is 9.75. The van der Waals surface area contributed by atoms with Crippen molar-refractivity contribution in [2.45, 2.75) is 4.90 Å². The van der Waals surface area contributed by atoms with E-state index in [1.54, 1.807) is 48.5 Å². The number of amides is 1. The van der Waals surface area contributed by atoms with Crippen molar-refractivity contribution in [1.82, 2.24) is 0 Å². The molecule has 0 aliphatic carbocycles. The van der Waals surface area contributed by atoms with Crippen LogP contribution in [0, 0.1) is 23.0 Å². The average molecular weight is 490 g/mol. The van der Waals surface area contributed by atoms with Crippen LogP contribution in [0.1, 0.15) is 15.9 Å². The third kappa shape index (κ3) is 5.18. The van der Waals surface area contributed by atoms with E-state index >= 15 is 0 Å². The molecule has 0 saturated carbocycles. The largest absolute Gasteiger partial charge is 0.322 e. The van der Waals surface area contributed by atoms with E-state index in [0.717, 1.165) is 12.1 Å². The molecule has 35 heavy (non-hydrogen) atoms. The van der Waals surface area contributed by atoms with Crippen molar-refractivity contribution < 1.29 is 22.0 Å². The molecule has 9 heteroatoms. The lowest BCUT2D eigenvalue weighted by molar-refractivity contribution is 0.102. The standard InChI is InChI=1S/C26H17F2N3O3S/c27-24-14-13-20(15-25(24)28)35(33,34)31-19-11-9-18(10-12-19)30-26(32)23-8-4-3-7-22(23)21-6-2-1-5-17(21)16-29/h1-15,31H,(H,30,32). The molecule has 1 amide bonds. The number of halogens is 2. The minimum absolute atomic E-state index is 0.163. The van der Waals surface area contributed by atoms with Gasteiger partial charge in [-0.05, 0) is 60.2 Å². The van der Waals surface area contributed by atoms with Crippen LogP contribution >= 0.6 is 0 Å². The Labute approximate surface area is 200 Å². The summed E-state index contributed by atoms with van der Waals surface area (Å²) in [4.78, 5) is 12.6. The summed E-state index contributed by atoms with van der Waals surface area (Å²) in [5.74, 6) is -2.84. The third-order valence-electron chi connectivity index (χ3n) is 5.11. The highest BCUT2D eigenvalue weighted by molar-refractivity contribution is 7.92. The summed E-state index contributed by atoms with van der Waals surface area (Å²) in [5.41, 5.74) is 2.58. The second-order valence-electron chi connectivity index (χ2n) is 7.42. The first-order chi connectivity index (χ1) is 16.8. The van der Waals surface area contributed by atoms with Crippen molar-refractivity contribution in [3.63, 3.8) is 0 Å². The number of sulfonamides is 1. The molecule has 0 fully saturated rings. The lowest BCUT2D eigenvalue weighted by Gasteiger charge is -2.12. The Morgan fingerprint density at radius 3 is 2.09 bits per heavy atom. The van der Waals surface area contributed by atoms with E-state index in [-0.39, 0.29) is 5.69 Å². The number of rotatable bonds is 6. The van der Waals surface area contributed by atoms with Gasteiger partial charge in [-0.1, -0.05) is 36.4 Å². The summed E-state index contributed by atoms with van der Waals surface area (Å²) in [6.45, 7) is 0. The molecule has 174 valence electrons. The number of nitrogens with one attached hydrogen (secondary N) is 2. The first-order valence-corrected chi connectivity index (χ1v) is 11.7. The third-order valence-corrected chi connectivity index (χ3v) is 6.48. The molecule has 0 aliphatic rings. The van der Waals surface area contributed by atoms with Crippen LogP contribution < -0.4 is 10.0 Å². The average Bonchev–Trinajstić information content (AvgIpc) is 2.86. The maximum absolute atomic E-state index is 13.4. The van der Waals surface area contributed by atoms with Crippen molar-refractivity contribution in [2.75, 3.05) is 10.0 Å². The zero-order valence-corrected chi connectivity index (χ0v) is 18.8. The molecule has 0 aliphatic heterocycles. The van der Waals surface area contributed by atoms with Crippen molar-refractivity contribution in [3.8, 4) is 17.2 Å². The van der Waals surface area contributed by atoms with E-state index in [1.165, 1.54) is 24.3 Å². The van der Waals surface area contributed by atoms with Gasteiger partial charge in [-0.3, -0.25) is 9.52 Å². The van der Waals surface area contributed by atoms with Gasteiger partial charge in [0, 0.05) is 22.5 Å². The molecule has 4 aromatic rings. The molecule has 0 radical (unpaired) electrons. The number of hydrogen-bond donors (Lipinski definition) is 2. The summed E-state index contributed by atoms with van der Waals surface area (Å²) in [6, 6.07) is 24.1. The fraction of sp³-hybridized carbons (Fsp3) is 0. The van der Waals surface area contributed by atoms with Gasteiger partial charge in [-0.15, -0.1) is 0 Å². The molecule has 6 nitrogen and oxygen atoms in total. The summed E-state index contributed by atoms with van der Waals surface area (Å²) in [7, 11) is -4.14. The molecule has 4 rings (SSSR count). The van der Waals surface area contributed by atoms with Crippen molar-refractivity contribution in [1.29, 1.82) is 5.26 Å². The lowest BCUT2D eigenvalue weighted by Crippen LogP contribution is -2.14. The Morgan fingerprint density at radius 2 is 1.40 bits per heavy atom. The van der Waals surface area contributed by atoms with E-state index in [0.29, 0.717) is 34.0 Å². The molecule has 0 bridgehead atoms. The van der Waals surface area contributed by atoms with E-state index in [9.17, 15) is 27.3 Å². The van der Waals surface area contributed by atoms with E-state index in [1.807, 2.05) is 0 Å². The smallest absolute Gasteiger partial charge is 0.261 e. The second-order valence-corrected chi connectivity index (χ2v) is 9.10. The van der Waals surface area contributed by atoms with Gasteiger partial charge in [-0.2, -0.15) is 5.26 Å². The minimum Gasteiger partial charge on any atom is -0.322 e. The highest BCUT2D eigenvalue weighted by Gasteiger charge is 2.18. The highest BCUT2D eigenvalue weighted by atomic mass is 32.2. The van der Waals surface area contributed by atoms with Crippen LogP contribution in [0.5, 0.6) is 0 Å². The molecule has 0 aromatic heterocycles. The maximum atomic E-state index is 13.4. The van der Waals surface area contributed by atoms with Crippen LogP contribution in [0.3, 0.4) is 0 Å². The topological polar surface area (TPSA) is 99.1 Å². The highest BCUT2D eigenvalue weighted by Crippen LogP contribution is 2.28. The predicted molar refractivity (Wildman–Crippen MR) is 128 cm³/mol. The van der Waals surface area contributed by atoms with Gasteiger partial charge in [0.25, 0.3) is 15.9 Å². The number of carbonyl (C=O) groups is 1. The van der Waals surface area contributed by atoms with Crippen molar-refractivity contribution in [3.05, 3.63) is 114 Å². The Morgan fingerprint density at radius 1 is 0.771 bits per heavy atom. The van der Waals surface area contributed by atoms with Crippen LogP contribution in [-0.2, 0) is 10.0 Å². The SMILES string of the molecule is N#Cc1ccccc1-c1ccccc1C(=O)Nc1ccc(NS(=O)(=O)c2ccc(F)c(F)c2)cc1. The van der Waals surface area contributed by atoms with Gasteiger partial charge >= 0.3 is 0 Å². The van der Waals surface area contributed by atoms with Crippen LogP contribution in [0.4, 0.5) is 20.2 Å². The quantitative estimate of drug-likeness (QED) is 0.371. The monoisotopic (exact) mass is 489 g/mol. The lowest BCUT2D eigenvalue weighted by atomic mass is 9.95. The fourth-order valence-electron chi connectivity index (χ4n) is 3.41. The van der Waals surface area contributed by atoms with E-state index in [4.69, 9.17) is 0 Å². The molecule has 0 heterocycles. The van der Waals surface area contributed by atoms with Gasteiger partial charge in [0.1, 0.15) is 0 Å². The Hall–Kier alpha value is -4.55. The molecule has 2 N–H and O–H groups in total. The minimum atomic E-state index is -4.14. The van der Waals surface area contributed by atoms with Crippen molar-refractivity contribution in [2.24, 2.45) is 0 Å². The van der Waals surface area contributed by atoms with Crippen molar-refractivity contribution >= 4 is 27.3 Å². The summed E-state index contributed by atoms with van der Waals surface area (Å²) < 4.78 is 53.7. The Balaban J connectivity index is 1.53. The molecule has 0 unspecified atom stereocenters. The van der Waals surface area contributed by atoms with E-state index < -0.39 is 32.5 Å². The zero-order valence-electron chi connectivity index (χ0n) is 18.0. The number of hydrogen-bond acceptors (Lipinski definition) is 4. The zero-order chi connectivity index (χ0) is 25.0. The molecular weight excluding hydrogens is 472 g/mol. The van der Waals surface area contributed by atoms with Gasteiger partial charge in [0.15, 0.2) is 11.6 Å². The number of nitrogens with zero attached hydrogens (tertiary/aromatic N) is 1. The fourth-order valence-corrected chi connectivity index (χ4v) is 4.48. The summed E-state index contributed by atoms with van der Waals surface area (Å²) in [5, 5.41) is 12.2. The first kappa shape index (κ1) is 23.6. The van der Waals surface area contributed by atoms with Gasteiger partial charge in [-0.25, -0.2) is 17.2 Å². The molecule has 4 aromatic carbocycles. The predicted octanol–water partition coefficient (Wildman–Crippen LogP) is 5.56. The van der Waals surface area contributed by atoms with Crippen LogP contribution in [0.15, 0.2) is 95.9 Å². The number of benzene rings is 4. The van der Waals surface area contributed by atoms with E-state index in [2.05, 4.69) is 16.1 Å². The van der Waals surface area contributed by atoms with Gasteiger partial charge in [0.2, 0.25) is 0 Å². The van der Waals surface area contributed by atoms with Crippen LogP contribution in [0.25, 0.3) is 11.1 Å². The van der Waals surface area contributed by atoms with Gasteiger partial charge < -0.3 is 5.32 Å². The van der Waals surface area contributed by atoms with Gasteiger partial charge in [0.05, 0.1) is 16.5 Å². The summed E-state index contributed by atoms with van der Waals surface area (Å²) >= 11 is 0. The molecule has 0 atom stereocenters. The Bertz CT molecular complexity index is 1560. The Kier molecular flexibility index (Phi) is 6.57. The number of anilines is 2. The normalized spacial score (nSPS) is 10.9. The number of nitriles is 1. The first-order valence-electron chi connectivity index (χ1n) is 10.3. The molecule has 0 spiro atoms.